The summed E-state index contributed by atoms with van der Waals surface area (Å²) in [4.78, 5) is 0. The average Bonchev–Trinajstić information content (AvgIpc) is 1.86. The SMILES string of the molecule is [CH2-]c1ccc(C(F)(F)F)cc1.[Cl-].[Mg+2]. The van der Waals surface area contributed by atoms with Gasteiger partial charge in [0.05, 0.1) is 0 Å². The summed E-state index contributed by atoms with van der Waals surface area (Å²) in [5, 5.41) is 0. The van der Waals surface area contributed by atoms with E-state index in [9.17, 15) is 13.2 Å². The Kier molecular flexibility index (Phi) is 6.66. The summed E-state index contributed by atoms with van der Waals surface area (Å²) in [6.45, 7) is 3.48. The van der Waals surface area contributed by atoms with Crippen molar-refractivity contribution in [1.29, 1.82) is 0 Å². The summed E-state index contributed by atoms with van der Waals surface area (Å²) in [5.41, 5.74) is -0.0529. The van der Waals surface area contributed by atoms with Gasteiger partial charge in [0.1, 0.15) is 0 Å². The number of rotatable bonds is 0. The van der Waals surface area contributed by atoms with Gasteiger partial charge in [-0.3, -0.25) is 0 Å². The summed E-state index contributed by atoms with van der Waals surface area (Å²) >= 11 is 0. The molecule has 0 aromatic heterocycles. The van der Waals surface area contributed by atoms with Gasteiger partial charge in [-0.1, -0.05) is 0 Å². The van der Waals surface area contributed by atoms with Crippen molar-refractivity contribution in [2.75, 3.05) is 0 Å². The van der Waals surface area contributed by atoms with Crippen molar-refractivity contribution in [2.24, 2.45) is 0 Å². The van der Waals surface area contributed by atoms with Gasteiger partial charge in [-0.15, -0.1) is 12.1 Å². The third-order valence-electron chi connectivity index (χ3n) is 1.28. The van der Waals surface area contributed by atoms with Crippen LogP contribution in [0.3, 0.4) is 0 Å². The fourth-order valence-electron chi connectivity index (χ4n) is 0.694. The molecule has 0 atom stereocenters. The minimum Gasteiger partial charge on any atom is -1.00 e. The number of hydrogen-bond acceptors (Lipinski definition) is 0. The number of hydrogen-bond donors (Lipinski definition) is 0. The molecule has 0 N–H and O–H groups in total. The smallest absolute Gasteiger partial charge is 1.00 e. The maximum absolute atomic E-state index is 11.9. The van der Waals surface area contributed by atoms with E-state index in [0.717, 1.165) is 12.1 Å². The van der Waals surface area contributed by atoms with Gasteiger partial charge >= 0.3 is 29.2 Å². The molecule has 0 saturated carbocycles. The van der Waals surface area contributed by atoms with Crippen molar-refractivity contribution in [3.8, 4) is 0 Å². The van der Waals surface area contributed by atoms with Crippen LogP contribution in [0.25, 0.3) is 0 Å². The van der Waals surface area contributed by atoms with Gasteiger partial charge < -0.3 is 12.4 Å². The van der Waals surface area contributed by atoms with Crippen LogP contribution in [0, 0.1) is 6.92 Å². The summed E-state index contributed by atoms with van der Waals surface area (Å²) in [5.74, 6) is 0. The Hall–Kier alpha value is -0.0638. The summed E-state index contributed by atoms with van der Waals surface area (Å²) in [6.07, 6.45) is -4.24. The third-order valence-corrected chi connectivity index (χ3v) is 1.28. The minimum absolute atomic E-state index is 0. The molecule has 0 aliphatic heterocycles. The van der Waals surface area contributed by atoms with Gasteiger partial charge in [-0.25, -0.2) is 0 Å². The van der Waals surface area contributed by atoms with E-state index in [1.807, 2.05) is 0 Å². The van der Waals surface area contributed by atoms with Crippen molar-refractivity contribution >= 4 is 23.1 Å². The fourth-order valence-corrected chi connectivity index (χ4v) is 0.694. The van der Waals surface area contributed by atoms with Crippen molar-refractivity contribution in [1.82, 2.24) is 0 Å². The Bertz CT molecular complexity index is 243. The predicted molar refractivity (Wildman–Crippen MR) is 41.7 cm³/mol. The summed E-state index contributed by atoms with van der Waals surface area (Å²) in [6, 6.07) is 4.70. The normalized spacial score (nSPS) is 9.77. The van der Waals surface area contributed by atoms with Gasteiger partial charge in [-0.2, -0.15) is 37.8 Å². The van der Waals surface area contributed by atoms with Crippen molar-refractivity contribution < 1.29 is 25.6 Å². The molecule has 0 aliphatic rings. The molecular formula is C8H6ClF3Mg. The van der Waals surface area contributed by atoms with Crippen LogP contribution in [0.1, 0.15) is 11.1 Å². The Labute approximate surface area is 97.1 Å². The third kappa shape index (κ3) is 4.64. The Morgan fingerprint density at radius 2 is 1.38 bits per heavy atom. The fraction of sp³-hybridized carbons (Fsp3) is 0.125. The predicted octanol–water partition coefficient (Wildman–Crippen LogP) is -0.489. The summed E-state index contributed by atoms with van der Waals surface area (Å²) in [7, 11) is 0. The zero-order valence-corrected chi connectivity index (χ0v) is 8.91. The van der Waals surface area contributed by atoms with Gasteiger partial charge in [0.2, 0.25) is 0 Å². The summed E-state index contributed by atoms with van der Waals surface area (Å²) < 4.78 is 35.7. The van der Waals surface area contributed by atoms with Gasteiger partial charge in [0.25, 0.3) is 0 Å². The van der Waals surface area contributed by atoms with Gasteiger partial charge in [0, 0.05) is 5.56 Å². The second-order valence-electron chi connectivity index (χ2n) is 2.19. The standard InChI is InChI=1S/C8H6F3.ClH.Mg/c1-6-2-4-7(5-3-6)8(9,10)11;;/h2-5H,1H2;1H;/q-1;;+2/p-1. The van der Waals surface area contributed by atoms with E-state index in [1.165, 1.54) is 12.1 Å². The van der Waals surface area contributed by atoms with Crippen LogP contribution < -0.4 is 12.4 Å². The van der Waals surface area contributed by atoms with Crippen LogP contribution in [-0.2, 0) is 6.18 Å². The largest absolute Gasteiger partial charge is 2.00 e. The second kappa shape index (κ2) is 5.62. The van der Waals surface area contributed by atoms with Crippen LogP contribution in [0.5, 0.6) is 0 Å². The quantitative estimate of drug-likeness (QED) is 0.408. The molecule has 5 heteroatoms. The van der Waals surface area contributed by atoms with Crippen LogP contribution >= 0.6 is 0 Å². The maximum atomic E-state index is 11.9. The van der Waals surface area contributed by atoms with Crippen molar-refractivity contribution in [2.45, 2.75) is 6.18 Å². The first-order valence-electron chi connectivity index (χ1n) is 2.99. The van der Waals surface area contributed by atoms with Crippen molar-refractivity contribution in [3.63, 3.8) is 0 Å². The zero-order chi connectivity index (χ0) is 8.48. The van der Waals surface area contributed by atoms with E-state index < -0.39 is 11.7 Å². The first-order valence-corrected chi connectivity index (χ1v) is 2.99. The molecule has 1 rings (SSSR count). The first kappa shape index (κ1) is 15.4. The zero-order valence-electron chi connectivity index (χ0n) is 6.74. The van der Waals surface area contributed by atoms with E-state index >= 15 is 0 Å². The molecule has 0 bridgehead atoms. The van der Waals surface area contributed by atoms with E-state index in [2.05, 4.69) is 6.92 Å². The van der Waals surface area contributed by atoms with Crippen LogP contribution in [-0.4, -0.2) is 23.1 Å². The Morgan fingerprint density at radius 1 is 1.00 bits per heavy atom. The Morgan fingerprint density at radius 3 is 1.69 bits per heavy atom. The van der Waals surface area contributed by atoms with E-state index in [0.29, 0.717) is 5.56 Å². The number of alkyl halides is 3. The van der Waals surface area contributed by atoms with Crippen LogP contribution in [0.15, 0.2) is 24.3 Å². The molecule has 1 aromatic rings. The molecule has 0 amide bonds. The van der Waals surface area contributed by atoms with E-state index in [-0.39, 0.29) is 35.5 Å². The monoisotopic (exact) mass is 218 g/mol. The Balaban J connectivity index is 0. The molecule has 0 heterocycles. The molecule has 0 spiro atoms. The van der Waals surface area contributed by atoms with Gasteiger partial charge in [0.15, 0.2) is 0 Å². The molecule has 0 saturated heterocycles. The van der Waals surface area contributed by atoms with E-state index in [1.54, 1.807) is 0 Å². The molecule has 0 nitrogen and oxygen atoms in total. The maximum Gasteiger partial charge on any atom is 2.00 e. The molecule has 0 radical (unpaired) electrons. The van der Waals surface area contributed by atoms with E-state index in [4.69, 9.17) is 0 Å². The van der Waals surface area contributed by atoms with Crippen LogP contribution in [0.4, 0.5) is 13.2 Å². The van der Waals surface area contributed by atoms with Gasteiger partial charge in [-0.05, 0) is 0 Å². The molecule has 1 aromatic carbocycles. The molecule has 0 fully saturated rings. The molecule has 68 valence electrons. The van der Waals surface area contributed by atoms with Crippen LogP contribution in [0.2, 0.25) is 0 Å². The van der Waals surface area contributed by atoms with Crippen molar-refractivity contribution in [3.05, 3.63) is 42.3 Å². The molecule has 13 heavy (non-hydrogen) atoms. The second-order valence-corrected chi connectivity index (χ2v) is 2.19. The molecule has 0 unspecified atom stereocenters. The minimum atomic E-state index is -4.24. The average molecular weight is 219 g/mol. The first-order chi connectivity index (χ1) is 5.00. The number of halogens is 4. The number of benzene rings is 1. The molecule has 0 aliphatic carbocycles. The molecular weight excluding hydrogens is 213 g/mol. The topological polar surface area (TPSA) is 0 Å².